The number of rotatable bonds is 9. The van der Waals surface area contributed by atoms with E-state index in [0.29, 0.717) is 18.7 Å². The van der Waals surface area contributed by atoms with E-state index in [0.717, 1.165) is 55.2 Å². The largest absolute Gasteiger partial charge is 0.478 e. The molecule has 1 amide bonds. The van der Waals surface area contributed by atoms with Crippen LogP contribution in [0.15, 0.2) is 78.9 Å². The number of para-hydroxylation sites is 1. The van der Waals surface area contributed by atoms with Crippen molar-refractivity contribution in [1.82, 2.24) is 15.1 Å². The molecule has 0 saturated carbocycles. The first-order valence-electron chi connectivity index (χ1n) is 12.7. The molecule has 1 aliphatic rings. The average molecular weight is 502 g/mol. The Morgan fingerprint density at radius 1 is 0.865 bits per heavy atom. The molecule has 0 aromatic heterocycles. The zero-order chi connectivity index (χ0) is 26.3. The van der Waals surface area contributed by atoms with Crippen LogP contribution in [-0.4, -0.2) is 58.5 Å². The van der Waals surface area contributed by atoms with Gasteiger partial charge in [0.25, 0.3) is 0 Å². The van der Waals surface area contributed by atoms with E-state index >= 15 is 0 Å². The molecule has 3 aromatic rings. The minimum absolute atomic E-state index is 0.000258. The van der Waals surface area contributed by atoms with Gasteiger partial charge in [-0.25, -0.2) is 4.79 Å². The smallest absolute Gasteiger partial charge is 0.335 e. The van der Waals surface area contributed by atoms with Crippen molar-refractivity contribution in [3.63, 3.8) is 0 Å². The molecule has 2 N–H and O–H groups in total. The van der Waals surface area contributed by atoms with Gasteiger partial charge >= 0.3 is 5.97 Å². The molecule has 1 fully saturated rings. The summed E-state index contributed by atoms with van der Waals surface area (Å²) in [5.41, 5.74) is 1.67. The van der Waals surface area contributed by atoms with Crippen molar-refractivity contribution in [2.75, 3.05) is 26.2 Å². The molecule has 7 nitrogen and oxygen atoms in total. The number of carboxylic acid groups (broad SMARTS) is 1. The fourth-order valence-corrected chi connectivity index (χ4v) is 4.59. The van der Waals surface area contributed by atoms with E-state index in [9.17, 15) is 14.7 Å². The fraction of sp³-hybridized carbons (Fsp3) is 0.333. The molecular weight excluding hydrogens is 466 g/mol. The quantitative estimate of drug-likeness (QED) is 0.439. The van der Waals surface area contributed by atoms with Crippen LogP contribution in [0.2, 0.25) is 0 Å². The van der Waals surface area contributed by atoms with Crippen molar-refractivity contribution in [3.8, 4) is 11.5 Å². The second kappa shape index (κ2) is 12.0. The highest BCUT2D eigenvalue weighted by Crippen LogP contribution is 2.22. The molecule has 1 saturated heterocycles. The highest BCUT2D eigenvalue weighted by molar-refractivity contribution is 5.87. The van der Waals surface area contributed by atoms with Crippen LogP contribution in [0, 0.1) is 0 Å². The Hall–Kier alpha value is -3.68. The number of hydrogen-bond donors (Lipinski definition) is 2. The van der Waals surface area contributed by atoms with Gasteiger partial charge in [0, 0.05) is 32.7 Å². The molecular formula is C30H35N3O4. The first-order valence-corrected chi connectivity index (χ1v) is 12.7. The number of nitrogens with zero attached hydrogens (tertiary/aromatic N) is 2. The Bertz CT molecular complexity index is 1190. The Morgan fingerprint density at radius 3 is 2.32 bits per heavy atom. The molecule has 1 heterocycles. The van der Waals surface area contributed by atoms with E-state index in [1.165, 1.54) is 0 Å². The minimum Gasteiger partial charge on any atom is -0.478 e. The van der Waals surface area contributed by atoms with E-state index in [4.69, 9.17) is 4.74 Å². The Labute approximate surface area is 218 Å². The fourth-order valence-electron chi connectivity index (χ4n) is 4.59. The molecule has 0 spiro atoms. The van der Waals surface area contributed by atoms with Gasteiger partial charge in [-0.1, -0.05) is 42.5 Å². The summed E-state index contributed by atoms with van der Waals surface area (Å²) in [6.45, 7) is 8.43. The van der Waals surface area contributed by atoms with Crippen LogP contribution in [0.5, 0.6) is 11.5 Å². The van der Waals surface area contributed by atoms with Gasteiger partial charge in [-0.15, -0.1) is 0 Å². The Kier molecular flexibility index (Phi) is 8.58. The van der Waals surface area contributed by atoms with Crippen LogP contribution >= 0.6 is 0 Å². The summed E-state index contributed by atoms with van der Waals surface area (Å²) < 4.78 is 5.84. The van der Waals surface area contributed by atoms with Crippen LogP contribution < -0.4 is 10.1 Å². The summed E-state index contributed by atoms with van der Waals surface area (Å²) in [5.74, 6) is 0.633. The van der Waals surface area contributed by atoms with Crippen LogP contribution in [0.3, 0.4) is 0 Å². The average Bonchev–Trinajstić information content (AvgIpc) is 3.15. The summed E-state index contributed by atoms with van der Waals surface area (Å²) in [5, 5.41) is 12.4. The monoisotopic (exact) mass is 501 g/mol. The summed E-state index contributed by atoms with van der Waals surface area (Å²) in [6.07, 6.45) is 0.943. The van der Waals surface area contributed by atoms with Crippen molar-refractivity contribution in [3.05, 3.63) is 95.6 Å². The van der Waals surface area contributed by atoms with E-state index in [2.05, 4.69) is 15.1 Å². The highest BCUT2D eigenvalue weighted by atomic mass is 16.5. The summed E-state index contributed by atoms with van der Waals surface area (Å²) >= 11 is 0. The molecule has 1 aliphatic heterocycles. The number of carboxylic acids is 1. The van der Waals surface area contributed by atoms with Crippen molar-refractivity contribution in [1.29, 1.82) is 0 Å². The summed E-state index contributed by atoms with van der Waals surface area (Å²) in [4.78, 5) is 29.0. The van der Waals surface area contributed by atoms with Gasteiger partial charge < -0.3 is 15.2 Å². The first-order chi connectivity index (χ1) is 17.8. The zero-order valence-electron chi connectivity index (χ0n) is 21.5. The predicted molar refractivity (Wildman–Crippen MR) is 144 cm³/mol. The predicted octanol–water partition coefficient (Wildman–Crippen LogP) is 4.78. The zero-order valence-corrected chi connectivity index (χ0v) is 21.5. The number of carbonyl (C=O) groups excluding carboxylic acids is 1. The van der Waals surface area contributed by atoms with E-state index in [1.807, 2.05) is 74.5 Å². The molecule has 0 aliphatic carbocycles. The molecule has 4 rings (SSSR count). The van der Waals surface area contributed by atoms with Gasteiger partial charge in [0.15, 0.2) is 0 Å². The number of nitrogens with one attached hydrogen (secondary N) is 1. The van der Waals surface area contributed by atoms with Crippen LogP contribution in [0.4, 0.5) is 0 Å². The molecule has 7 heteroatoms. The van der Waals surface area contributed by atoms with E-state index in [1.54, 1.807) is 18.2 Å². The molecule has 3 aromatic carbocycles. The van der Waals surface area contributed by atoms with Crippen molar-refractivity contribution in [2.45, 2.75) is 38.9 Å². The Balaban J connectivity index is 1.28. The topological polar surface area (TPSA) is 82.1 Å². The maximum absolute atomic E-state index is 13.2. The number of carbonyl (C=O) groups is 2. The van der Waals surface area contributed by atoms with E-state index < -0.39 is 11.5 Å². The lowest BCUT2D eigenvalue weighted by atomic mass is 10.0. The number of aromatic carboxylic acids is 1. The van der Waals surface area contributed by atoms with Crippen molar-refractivity contribution < 1.29 is 19.4 Å². The van der Waals surface area contributed by atoms with Gasteiger partial charge in [0.1, 0.15) is 11.5 Å². The lowest BCUT2D eigenvalue weighted by Gasteiger charge is -2.36. The lowest BCUT2D eigenvalue weighted by molar-refractivity contribution is -0.131. The molecule has 0 unspecified atom stereocenters. The van der Waals surface area contributed by atoms with Crippen LogP contribution in [0.1, 0.15) is 41.8 Å². The second-order valence-electron chi connectivity index (χ2n) is 9.92. The Morgan fingerprint density at radius 2 is 1.59 bits per heavy atom. The lowest BCUT2D eigenvalue weighted by Crippen LogP contribution is -2.55. The first kappa shape index (κ1) is 26.4. The number of benzene rings is 3. The molecule has 0 atom stereocenters. The second-order valence-corrected chi connectivity index (χ2v) is 9.92. The SMILES string of the molecule is CC(C)(C(=O)NCc1ccc(Oc2ccccc2)cc1)N1CCCN(Cc2cccc(C(=O)O)c2)CC1. The third-order valence-electron chi connectivity index (χ3n) is 6.87. The summed E-state index contributed by atoms with van der Waals surface area (Å²) in [7, 11) is 0. The van der Waals surface area contributed by atoms with E-state index in [-0.39, 0.29) is 5.91 Å². The third-order valence-corrected chi connectivity index (χ3v) is 6.87. The van der Waals surface area contributed by atoms with Gasteiger partial charge in [0.2, 0.25) is 5.91 Å². The minimum atomic E-state index is -0.909. The van der Waals surface area contributed by atoms with Gasteiger partial charge in [-0.3, -0.25) is 14.6 Å². The normalized spacial score (nSPS) is 15.1. The van der Waals surface area contributed by atoms with Gasteiger partial charge in [-0.05, 0) is 74.3 Å². The van der Waals surface area contributed by atoms with Crippen molar-refractivity contribution >= 4 is 11.9 Å². The van der Waals surface area contributed by atoms with Crippen LogP contribution in [-0.2, 0) is 17.9 Å². The van der Waals surface area contributed by atoms with Crippen LogP contribution in [0.25, 0.3) is 0 Å². The number of hydrogen-bond acceptors (Lipinski definition) is 5. The maximum atomic E-state index is 13.2. The third kappa shape index (κ3) is 7.18. The highest BCUT2D eigenvalue weighted by Gasteiger charge is 2.35. The number of ether oxygens (including phenoxy) is 1. The molecule has 194 valence electrons. The molecule has 0 bridgehead atoms. The number of amides is 1. The van der Waals surface area contributed by atoms with Gasteiger partial charge in [-0.2, -0.15) is 0 Å². The summed E-state index contributed by atoms with van der Waals surface area (Å²) in [6, 6.07) is 24.5. The van der Waals surface area contributed by atoms with Crippen molar-refractivity contribution in [2.24, 2.45) is 0 Å². The standard InChI is InChI=1S/C30H35N3O4/c1-30(2,29(36)31-21-23-12-14-27(15-13-23)37-26-10-4-3-5-11-26)33-17-7-16-32(18-19-33)22-24-8-6-9-25(20-24)28(34)35/h3-6,8-15,20H,7,16-19,21-22H2,1-2H3,(H,31,36)(H,34,35). The molecule has 37 heavy (non-hydrogen) atoms. The van der Waals surface area contributed by atoms with Gasteiger partial charge in [0.05, 0.1) is 11.1 Å². The maximum Gasteiger partial charge on any atom is 0.335 e. The molecule has 0 radical (unpaired) electrons.